The molecule has 1 saturated carbocycles. The third-order valence-electron chi connectivity index (χ3n) is 4.41. The van der Waals surface area contributed by atoms with Crippen molar-refractivity contribution in [3.63, 3.8) is 0 Å². The Labute approximate surface area is 115 Å². The van der Waals surface area contributed by atoms with Gasteiger partial charge in [-0.1, -0.05) is 30.3 Å². The number of rotatable bonds is 4. The Morgan fingerprint density at radius 1 is 1.16 bits per heavy atom. The Bertz CT molecular complexity index is 391. The highest BCUT2D eigenvalue weighted by atomic mass is 16.6. The van der Waals surface area contributed by atoms with E-state index in [4.69, 9.17) is 9.47 Å². The number of hydrogen-bond donors (Lipinski definition) is 1. The van der Waals surface area contributed by atoms with Gasteiger partial charge in [0, 0.05) is 6.04 Å². The van der Waals surface area contributed by atoms with Crippen molar-refractivity contribution in [2.45, 2.75) is 43.4 Å². The maximum Gasteiger partial charge on any atom is 0.105 e. The lowest BCUT2D eigenvalue weighted by molar-refractivity contribution is -0.166. The van der Waals surface area contributed by atoms with Gasteiger partial charge >= 0.3 is 0 Å². The molecule has 1 aliphatic carbocycles. The molecule has 0 bridgehead atoms. The lowest BCUT2D eigenvalue weighted by Gasteiger charge is -2.40. The van der Waals surface area contributed by atoms with Crippen LogP contribution >= 0.6 is 0 Å². The van der Waals surface area contributed by atoms with Crippen LogP contribution in [0, 0.1) is 0 Å². The van der Waals surface area contributed by atoms with Gasteiger partial charge in [0.2, 0.25) is 0 Å². The Hall–Kier alpha value is -0.900. The van der Waals surface area contributed by atoms with Crippen molar-refractivity contribution in [3.05, 3.63) is 35.9 Å². The molecule has 1 heterocycles. The van der Waals surface area contributed by atoms with Crippen LogP contribution in [-0.4, -0.2) is 38.5 Å². The molecule has 104 valence electrons. The van der Waals surface area contributed by atoms with Crippen molar-refractivity contribution in [1.82, 2.24) is 5.32 Å². The molecule has 3 unspecified atom stereocenters. The molecule has 1 aliphatic heterocycles. The van der Waals surface area contributed by atoms with Gasteiger partial charge in [-0.2, -0.15) is 0 Å². The lowest BCUT2D eigenvalue weighted by Crippen LogP contribution is -2.49. The highest BCUT2D eigenvalue weighted by Crippen LogP contribution is 2.35. The van der Waals surface area contributed by atoms with Gasteiger partial charge in [-0.3, -0.25) is 0 Å². The first-order chi connectivity index (χ1) is 9.36. The van der Waals surface area contributed by atoms with Crippen molar-refractivity contribution in [2.24, 2.45) is 0 Å². The van der Waals surface area contributed by atoms with Crippen LogP contribution in [0.2, 0.25) is 0 Å². The SMILES string of the molecule is CNC1CCC(c2ccccc2)CC1OC1COC1. The quantitative estimate of drug-likeness (QED) is 0.902. The van der Waals surface area contributed by atoms with Gasteiger partial charge in [-0.05, 0) is 37.8 Å². The molecule has 1 aromatic carbocycles. The Balaban J connectivity index is 1.65. The molecule has 3 atom stereocenters. The van der Waals surface area contributed by atoms with E-state index in [2.05, 4.69) is 35.6 Å². The second-order valence-corrected chi connectivity index (χ2v) is 5.65. The normalized spacial score (nSPS) is 31.9. The Morgan fingerprint density at radius 2 is 1.95 bits per heavy atom. The molecule has 0 aromatic heterocycles. The summed E-state index contributed by atoms with van der Waals surface area (Å²) in [6.07, 6.45) is 4.19. The van der Waals surface area contributed by atoms with Crippen LogP contribution in [0.1, 0.15) is 30.7 Å². The van der Waals surface area contributed by atoms with Crippen molar-refractivity contribution in [1.29, 1.82) is 0 Å². The maximum absolute atomic E-state index is 6.19. The minimum Gasteiger partial charge on any atom is -0.376 e. The van der Waals surface area contributed by atoms with Crippen molar-refractivity contribution >= 4 is 0 Å². The molecule has 2 aliphatic rings. The van der Waals surface area contributed by atoms with Gasteiger partial charge in [-0.25, -0.2) is 0 Å². The van der Waals surface area contributed by atoms with Crippen LogP contribution in [0.3, 0.4) is 0 Å². The highest BCUT2D eigenvalue weighted by molar-refractivity contribution is 5.20. The first-order valence-electron chi connectivity index (χ1n) is 7.32. The Morgan fingerprint density at radius 3 is 2.58 bits per heavy atom. The van der Waals surface area contributed by atoms with E-state index in [-0.39, 0.29) is 0 Å². The van der Waals surface area contributed by atoms with E-state index in [1.165, 1.54) is 18.4 Å². The van der Waals surface area contributed by atoms with E-state index in [9.17, 15) is 0 Å². The Kier molecular flexibility index (Phi) is 4.16. The average Bonchev–Trinajstić information content (AvgIpc) is 2.43. The van der Waals surface area contributed by atoms with Gasteiger partial charge in [0.25, 0.3) is 0 Å². The van der Waals surface area contributed by atoms with Crippen LogP contribution in [-0.2, 0) is 9.47 Å². The minimum atomic E-state index is 0.315. The van der Waals surface area contributed by atoms with Crippen molar-refractivity contribution in [3.8, 4) is 0 Å². The fourth-order valence-corrected chi connectivity index (χ4v) is 3.18. The number of nitrogens with one attached hydrogen (secondary N) is 1. The molecule has 0 radical (unpaired) electrons. The molecule has 3 rings (SSSR count). The van der Waals surface area contributed by atoms with E-state index < -0.39 is 0 Å². The predicted octanol–water partition coefficient (Wildman–Crippen LogP) is 2.33. The van der Waals surface area contributed by atoms with Crippen LogP contribution in [0.5, 0.6) is 0 Å². The first kappa shape index (κ1) is 13.1. The fourth-order valence-electron chi connectivity index (χ4n) is 3.18. The summed E-state index contributed by atoms with van der Waals surface area (Å²) in [7, 11) is 2.04. The minimum absolute atomic E-state index is 0.315. The molecule has 1 N–H and O–H groups in total. The zero-order valence-electron chi connectivity index (χ0n) is 11.5. The molecule has 19 heavy (non-hydrogen) atoms. The molecule has 2 fully saturated rings. The van der Waals surface area contributed by atoms with E-state index in [1.54, 1.807) is 0 Å². The van der Waals surface area contributed by atoms with Gasteiger partial charge in [-0.15, -0.1) is 0 Å². The van der Waals surface area contributed by atoms with Gasteiger partial charge < -0.3 is 14.8 Å². The lowest BCUT2D eigenvalue weighted by atomic mass is 9.80. The second kappa shape index (κ2) is 6.04. The van der Waals surface area contributed by atoms with E-state index in [0.717, 1.165) is 19.6 Å². The topological polar surface area (TPSA) is 30.5 Å². The molecule has 3 nitrogen and oxygen atoms in total. The summed E-state index contributed by atoms with van der Waals surface area (Å²) in [6.45, 7) is 1.53. The van der Waals surface area contributed by atoms with Crippen LogP contribution in [0.25, 0.3) is 0 Å². The highest BCUT2D eigenvalue weighted by Gasteiger charge is 2.34. The summed E-state index contributed by atoms with van der Waals surface area (Å²) in [6, 6.07) is 11.3. The third-order valence-corrected chi connectivity index (χ3v) is 4.41. The summed E-state index contributed by atoms with van der Waals surface area (Å²) in [5.74, 6) is 0.636. The molecule has 1 aromatic rings. The van der Waals surface area contributed by atoms with Gasteiger partial charge in [0.05, 0.1) is 19.3 Å². The standard InChI is InChI=1S/C16H23NO2/c1-17-15-8-7-13(12-5-3-2-4-6-12)9-16(15)19-14-10-18-11-14/h2-6,13-17H,7-11H2,1H3. The van der Waals surface area contributed by atoms with Gasteiger partial charge in [0.15, 0.2) is 0 Å². The monoisotopic (exact) mass is 261 g/mol. The number of benzene rings is 1. The fraction of sp³-hybridized carbons (Fsp3) is 0.625. The van der Waals surface area contributed by atoms with Crippen molar-refractivity contribution < 1.29 is 9.47 Å². The van der Waals surface area contributed by atoms with Crippen LogP contribution in [0.4, 0.5) is 0 Å². The summed E-state index contributed by atoms with van der Waals surface area (Å²) in [5, 5.41) is 3.41. The third kappa shape index (κ3) is 2.99. The maximum atomic E-state index is 6.19. The summed E-state index contributed by atoms with van der Waals surface area (Å²) < 4.78 is 11.4. The summed E-state index contributed by atoms with van der Waals surface area (Å²) >= 11 is 0. The largest absolute Gasteiger partial charge is 0.376 e. The molecular formula is C16H23NO2. The first-order valence-corrected chi connectivity index (χ1v) is 7.32. The summed E-state index contributed by atoms with van der Waals surface area (Å²) in [5.41, 5.74) is 1.45. The van der Waals surface area contributed by atoms with Crippen LogP contribution in [0.15, 0.2) is 30.3 Å². The number of hydrogen-bond acceptors (Lipinski definition) is 3. The number of likely N-dealkylation sites (N-methyl/N-ethyl adjacent to an activating group) is 1. The van der Waals surface area contributed by atoms with Gasteiger partial charge in [0.1, 0.15) is 6.10 Å². The molecule has 0 amide bonds. The molecular weight excluding hydrogens is 238 g/mol. The average molecular weight is 261 g/mol. The van der Waals surface area contributed by atoms with Crippen molar-refractivity contribution in [2.75, 3.05) is 20.3 Å². The van der Waals surface area contributed by atoms with Crippen LogP contribution < -0.4 is 5.32 Å². The number of ether oxygens (including phenoxy) is 2. The van der Waals surface area contributed by atoms with E-state index >= 15 is 0 Å². The smallest absolute Gasteiger partial charge is 0.105 e. The zero-order chi connectivity index (χ0) is 13.1. The predicted molar refractivity (Wildman–Crippen MR) is 75.4 cm³/mol. The zero-order valence-corrected chi connectivity index (χ0v) is 11.5. The second-order valence-electron chi connectivity index (χ2n) is 5.65. The summed E-state index contributed by atoms with van der Waals surface area (Å²) in [4.78, 5) is 0. The van der Waals surface area contributed by atoms with E-state index in [1.807, 2.05) is 7.05 Å². The molecule has 3 heteroatoms. The molecule has 1 saturated heterocycles. The molecule has 0 spiro atoms. The van der Waals surface area contributed by atoms with E-state index in [0.29, 0.717) is 24.2 Å².